The van der Waals surface area contributed by atoms with Crippen LogP contribution < -0.4 is 15.6 Å². The number of amides is 2. The lowest BCUT2D eigenvalue weighted by atomic mass is 10.1. The maximum atomic E-state index is 13.0. The Morgan fingerprint density at radius 2 is 1.97 bits per heavy atom. The molecule has 2 N–H and O–H groups in total. The molecule has 0 fully saturated rings. The minimum absolute atomic E-state index is 0.0998. The van der Waals surface area contributed by atoms with Crippen molar-refractivity contribution >= 4 is 40.1 Å². The molecule has 35 heavy (non-hydrogen) atoms. The fourth-order valence-electron chi connectivity index (χ4n) is 3.52. The average molecular weight is 492 g/mol. The summed E-state index contributed by atoms with van der Waals surface area (Å²) in [7, 11) is 3.10. The quantitative estimate of drug-likeness (QED) is 0.423. The van der Waals surface area contributed by atoms with Crippen molar-refractivity contribution in [1.29, 1.82) is 0 Å². The lowest BCUT2D eigenvalue weighted by Crippen LogP contribution is -2.27. The highest BCUT2D eigenvalue weighted by Gasteiger charge is 2.17. The number of pyridine rings is 1. The van der Waals surface area contributed by atoms with Crippen molar-refractivity contribution in [2.75, 3.05) is 19.5 Å². The van der Waals surface area contributed by atoms with Crippen LogP contribution in [0.15, 0.2) is 59.5 Å². The van der Waals surface area contributed by atoms with Gasteiger partial charge in [0.25, 0.3) is 17.4 Å². The molecule has 0 aliphatic heterocycles. The third kappa shape index (κ3) is 5.30. The summed E-state index contributed by atoms with van der Waals surface area (Å²) < 4.78 is 4.96. The molecular formula is C25H22ClN5O4. The van der Waals surface area contributed by atoms with Gasteiger partial charge < -0.3 is 19.9 Å². The molecule has 9 nitrogen and oxygen atoms in total. The molecule has 2 aromatic carbocycles. The first-order valence-corrected chi connectivity index (χ1v) is 11.0. The number of hydrogen-bond donors (Lipinski definition) is 2. The smallest absolute Gasteiger partial charge is 0.318 e. The molecular weight excluding hydrogens is 470 g/mol. The van der Waals surface area contributed by atoms with Crippen LogP contribution in [-0.4, -0.2) is 45.8 Å². The number of H-pyrrole nitrogens is 1. The predicted molar refractivity (Wildman–Crippen MR) is 133 cm³/mol. The standard InChI is InChI=1S/C25H22ClN5O4/c1-14-7-8-16(24(34)31(2)13-15-5-4-6-18(26)9-15)11-20(14)28-22(32)19-10-17-12-27-25(35-3)30-21(17)29-23(19)33/h4-12H,13H2,1-3H3,(H,28,32)(H,27,29,30,33). The summed E-state index contributed by atoms with van der Waals surface area (Å²) in [4.78, 5) is 50.7. The van der Waals surface area contributed by atoms with E-state index in [1.165, 1.54) is 19.4 Å². The van der Waals surface area contributed by atoms with Gasteiger partial charge in [0, 0.05) is 41.4 Å². The molecule has 2 amide bonds. The number of benzene rings is 2. The first-order chi connectivity index (χ1) is 16.7. The highest BCUT2D eigenvalue weighted by Crippen LogP contribution is 2.20. The molecule has 2 aromatic heterocycles. The summed E-state index contributed by atoms with van der Waals surface area (Å²) in [5.74, 6) is -0.848. The molecule has 4 rings (SSSR count). The number of anilines is 1. The molecule has 0 saturated heterocycles. The topological polar surface area (TPSA) is 117 Å². The van der Waals surface area contributed by atoms with Gasteiger partial charge in [-0.1, -0.05) is 29.8 Å². The van der Waals surface area contributed by atoms with Gasteiger partial charge in [-0.15, -0.1) is 0 Å². The van der Waals surface area contributed by atoms with Crippen LogP contribution in [0.2, 0.25) is 5.02 Å². The largest absolute Gasteiger partial charge is 0.467 e. The van der Waals surface area contributed by atoms with E-state index in [2.05, 4.69) is 20.3 Å². The zero-order valence-electron chi connectivity index (χ0n) is 19.3. The van der Waals surface area contributed by atoms with Crippen LogP contribution in [0.1, 0.15) is 31.8 Å². The summed E-state index contributed by atoms with van der Waals surface area (Å²) in [6.45, 7) is 2.17. The Bertz CT molecular complexity index is 1500. The summed E-state index contributed by atoms with van der Waals surface area (Å²) in [6.07, 6.45) is 1.45. The number of hydrogen-bond acceptors (Lipinski definition) is 6. The Kier molecular flexibility index (Phi) is 6.79. The number of fused-ring (bicyclic) bond motifs is 1. The molecule has 4 aromatic rings. The van der Waals surface area contributed by atoms with Crippen molar-refractivity contribution in [2.24, 2.45) is 0 Å². The number of ether oxygens (including phenoxy) is 1. The Balaban J connectivity index is 1.56. The van der Waals surface area contributed by atoms with Crippen LogP contribution >= 0.6 is 11.6 Å². The molecule has 0 spiro atoms. The van der Waals surface area contributed by atoms with Crippen molar-refractivity contribution in [3.05, 3.63) is 92.4 Å². The van der Waals surface area contributed by atoms with Crippen LogP contribution in [0.4, 0.5) is 5.69 Å². The van der Waals surface area contributed by atoms with Gasteiger partial charge in [0.2, 0.25) is 0 Å². The van der Waals surface area contributed by atoms with Crippen molar-refractivity contribution in [1.82, 2.24) is 19.9 Å². The summed E-state index contributed by atoms with van der Waals surface area (Å²) in [5, 5.41) is 3.80. The number of nitrogens with one attached hydrogen (secondary N) is 2. The zero-order chi connectivity index (χ0) is 25.1. The van der Waals surface area contributed by atoms with Crippen molar-refractivity contribution in [3.63, 3.8) is 0 Å². The Morgan fingerprint density at radius 1 is 1.17 bits per heavy atom. The van der Waals surface area contributed by atoms with Crippen LogP contribution in [0.3, 0.4) is 0 Å². The third-order valence-electron chi connectivity index (χ3n) is 5.39. The van der Waals surface area contributed by atoms with Crippen LogP contribution in [0, 0.1) is 6.92 Å². The van der Waals surface area contributed by atoms with E-state index < -0.39 is 11.5 Å². The number of carbonyl (C=O) groups excluding carboxylic acids is 2. The fraction of sp³-hybridized carbons (Fsp3) is 0.160. The molecule has 0 aliphatic rings. The summed E-state index contributed by atoms with van der Waals surface area (Å²) in [6, 6.07) is 13.8. The van der Waals surface area contributed by atoms with E-state index in [1.54, 1.807) is 49.2 Å². The van der Waals surface area contributed by atoms with E-state index in [0.29, 0.717) is 28.2 Å². The molecule has 0 radical (unpaired) electrons. The van der Waals surface area contributed by atoms with Gasteiger partial charge in [-0.3, -0.25) is 14.4 Å². The van der Waals surface area contributed by atoms with Gasteiger partial charge in [-0.2, -0.15) is 4.98 Å². The van der Waals surface area contributed by atoms with E-state index in [0.717, 1.165) is 11.1 Å². The van der Waals surface area contributed by atoms with Crippen LogP contribution in [-0.2, 0) is 6.54 Å². The third-order valence-corrected chi connectivity index (χ3v) is 5.62. The number of aromatic amines is 1. The monoisotopic (exact) mass is 491 g/mol. The SMILES string of the molecule is COc1ncc2cc(C(=O)Nc3cc(C(=O)N(C)Cc4cccc(Cl)c4)ccc3C)c(=O)[nH]c2n1. The molecule has 0 bridgehead atoms. The van der Waals surface area contributed by atoms with Gasteiger partial charge in [-0.25, -0.2) is 4.98 Å². The fourth-order valence-corrected chi connectivity index (χ4v) is 3.74. The second kappa shape index (κ2) is 9.94. The molecule has 178 valence electrons. The molecule has 10 heteroatoms. The average Bonchev–Trinajstić information content (AvgIpc) is 2.84. The normalized spacial score (nSPS) is 10.7. The first kappa shape index (κ1) is 23.9. The number of carbonyl (C=O) groups is 2. The van der Waals surface area contributed by atoms with Crippen molar-refractivity contribution in [3.8, 4) is 6.01 Å². The number of methoxy groups -OCH3 is 1. The van der Waals surface area contributed by atoms with E-state index in [-0.39, 0.29) is 23.1 Å². The number of aryl methyl sites for hydroxylation is 1. The molecule has 0 unspecified atom stereocenters. The van der Waals surface area contributed by atoms with Crippen molar-refractivity contribution in [2.45, 2.75) is 13.5 Å². The lowest BCUT2D eigenvalue weighted by Gasteiger charge is -2.18. The van der Waals surface area contributed by atoms with Crippen LogP contribution in [0.25, 0.3) is 11.0 Å². The molecule has 0 saturated carbocycles. The van der Waals surface area contributed by atoms with Gasteiger partial charge in [-0.05, 0) is 48.4 Å². The Labute approximate surface area is 205 Å². The number of halogens is 1. The highest BCUT2D eigenvalue weighted by atomic mass is 35.5. The van der Waals surface area contributed by atoms with Gasteiger partial charge >= 0.3 is 6.01 Å². The Hall–Kier alpha value is -4.24. The lowest BCUT2D eigenvalue weighted by molar-refractivity contribution is 0.0784. The number of aromatic nitrogens is 3. The Morgan fingerprint density at radius 3 is 2.71 bits per heavy atom. The predicted octanol–water partition coefficient (Wildman–Crippen LogP) is 3.81. The minimum atomic E-state index is -0.621. The van der Waals surface area contributed by atoms with E-state index in [1.807, 2.05) is 12.1 Å². The van der Waals surface area contributed by atoms with E-state index >= 15 is 0 Å². The summed E-state index contributed by atoms with van der Waals surface area (Å²) >= 11 is 6.04. The summed E-state index contributed by atoms with van der Waals surface area (Å²) in [5.41, 5.74) is 1.97. The van der Waals surface area contributed by atoms with Gasteiger partial charge in [0.15, 0.2) is 0 Å². The molecule has 0 atom stereocenters. The van der Waals surface area contributed by atoms with Gasteiger partial charge in [0.05, 0.1) is 7.11 Å². The second-order valence-corrected chi connectivity index (χ2v) is 8.38. The number of nitrogens with zero attached hydrogens (tertiary/aromatic N) is 3. The first-order valence-electron chi connectivity index (χ1n) is 10.6. The van der Waals surface area contributed by atoms with Crippen LogP contribution in [0.5, 0.6) is 6.01 Å². The number of rotatable bonds is 6. The highest BCUT2D eigenvalue weighted by molar-refractivity contribution is 6.30. The van der Waals surface area contributed by atoms with Gasteiger partial charge in [0.1, 0.15) is 11.2 Å². The van der Waals surface area contributed by atoms with Crippen molar-refractivity contribution < 1.29 is 14.3 Å². The molecule has 0 aliphatic carbocycles. The zero-order valence-corrected chi connectivity index (χ0v) is 20.0. The van der Waals surface area contributed by atoms with E-state index in [9.17, 15) is 14.4 Å². The maximum Gasteiger partial charge on any atom is 0.318 e. The maximum absolute atomic E-state index is 13.0. The molecule has 2 heterocycles. The van der Waals surface area contributed by atoms with E-state index in [4.69, 9.17) is 16.3 Å². The second-order valence-electron chi connectivity index (χ2n) is 7.95. The minimum Gasteiger partial charge on any atom is -0.467 e.